The van der Waals surface area contributed by atoms with Crippen molar-refractivity contribution in [2.24, 2.45) is 0 Å². The highest BCUT2D eigenvalue weighted by atomic mass is 16.7. The quantitative estimate of drug-likeness (QED) is 0.459. The largest absolute Gasteiger partial charge is 0.493 e. The van der Waals surface area contributed by atoms with Crippen LogP contribution in [-0.2, 0) is 16.0 Å². The Morgan fingerprint density at radius 1 is 1.15 bits per heavy atom. The van der Waals surface area contributed by atoms with E-state index in [-0.39, 0.29) is 18.1 Å². The molecule has 2 atom stereocenters. The van der Waals surface area contributed by atoms with Gasteiger partial charge in [0, 0.05) is 24.6 Å². The van der Waals surface area contributed by atoms with Crippen molar-refractivity contribution < 1.29 is 38.0 Å². The zero-order valence-corrected chi connectivity index (χ0v) is 19.3. The zero-order valence-electron chi connectivity index (χ0n) is 19.3. The van der Waals surface area contributed by atoms with Crippen LogP contribution in [-0.4, -0.2) is 58.9 Å². The van der Waals surface area contributed by atoms with Gasteiger partial charge in [-0.15, -0.1) is 0 Å². The van der Waals surface area contributed by atoms with Gasteiger partial charge in [-0.3, -0.25) is 14.5 Å². The molecule has 2 aromatic carbocycles. The minimum Gasteiger partial charge on any atom is -0.493 e. The molecule has 4 rings (SSSR count). The molecule has 0 aromatic heterocycles. The van der Waals surface area contributed by atoms with Crippen LogP contribution in [0.2, 0.25) is 0 Å². The number of fused-ring (bicyclic) bond motifs is 2. The van der Waals surface area contributed by atoms with E-state index in [0.29, 0.717) is 41.4 Å². The summed E-state index contributed by atoms with van der Waals surface area (Å²) < 4.78 is 33.7. The van der Waals surface area contributed by atoms with Gasteiger partial charge in [-0.25, -0.2) is 0 Å². The van der Waals surface area contributed by atoms with Crippen LogP contribution in [0.3, 0.4) is 0 Å². The summed E-state index contributed by atoms with van der Waals surface area (Å²) in [6.45, 7) is 2.14. The molecule has 2 aliphatic rings. The Balaban J connectivity index is 1.96. The van der Waals surface area contributed by atoms with Gasteiger partial charge in [-0.2, -0.15) is 0 Å². The normalized spacial score (nSPS) is 17.7. The number of methoxy groups -OCH3 is 3. The fourth-order valence-electron chi connectivity index (χ4n) is 4.66. The molecule has 0 aliphatic carbocycles. The fraction of sp³-hybridized carbons (Fsp3) is 0.417. The Morgan fingerprint density at radius 3 is 2.55 bits per heavy atom. The van der Waals surface area contributed by atoms with Gasteiger partial charge in [0.25, 0.3) is 0 Å². The Labute approximate surface area is 192 Å². The van der Waals surface area contributed by atoms with Crippen molar-refractivity contribution in [2.75, 3.05) is 41.7 Å². The fourth-order valence-corrected chi connectivity index (χ4v) is 4.66. The lowest BCUT2D eigenvalue weighted by molar-refractivity contribution is -0.150. The molecule has 0 bridgehead atoms. The number of rotatable bonds is 7. The van der Waals surface area contributed by atoms with E-state index in [9.17, 15) is 9.59 Å². The molecule has 0 radical (unpaired) electrons. The van der Waals surface area contributed by atoms with Gasteiger partial charge >= 0.3 is 5.97 Å². The first-order valence-electron chi connectivity index (χ1n) is 10.5. The number of carbonyl (C=O) groups excluding carboxylic acids is 2. The van der Waals surface area contributed by atoms with Crippen molar-refractivity contribution >= 4 is 12.3 Å². The summed E-state index contributed by atoms with van der Waals surface area (Å²) in [7, 11) is 6.46. The molecule has 176 valence electrons. The lowest BCUT2D eigenvalue weighted by atomic mass is 9.84. The van der Waals surface area contributed by atoms with E-state index in [1.54, 1.807) is 19.2 Å². The third kappa shape index (κ3) is 3.82. The number of benzene rings is 2. The number of carbonyl (C=O) groups is 2. The monoisotopic (exact) mass is 457 g/mol. The Hall–Kier alpha value is -3.46. The second kappa shape index (κ2) is 9.19. The maximum atomic E-state index is 12.2. The number of nitrogens with zero attached hydrogens (tertiary/aromatic N) is 1. The lowest BCUT2D eigenvalue weighted by Gasteiger charge is -2.40. The Bertz CT molecular complexity index is 1080. The van der Waals surface area contributed by atoms with E-state index >= 15 is 0 Å². The summed E-state index contributed by atoms with van der Waals surface area (Å²) in [6, 6.07) is 4.90. The number of hydrogen-bond acceptors (Lipinski definition) is 9. The SMILES string of the molecule is COc1ccc([C@@H](OC(C)=O)[C@H]2c3c(cc4c(c3OC)OCO4)CCN2C)c(C=O)c1OC. The molecule has 2 aromatic rings. The molecule has 0 amide bonds. The molecule has 0 unspecified atom stereocenters. The molecule has 0 saturated heterocycles. The first kappa shape index (κ1) is 22.7. The molecule has 0 spiro atoms. The second-order valence-electron chi connectivity index (χ2n) is 7.84. The average Bonchev–Trinajstić information content (AvgIpc) is 3.28. The van der Waals surface area contributed by atoms with Crippen molar-refractivity contribution in [3.8, 4) is 28.7 Å². The van der Waals surface area contributed by atoms with Crippen molar-refractivity contribution in [1.29, 1.82) is 0 Å². The average molecular weight is 457 g/mol. The number of ether oxygens (including phenoxy) is 6. The number of likely N-dealkylation sites (N-methyl/N-ethyl adjacent to an activating group) is 1. The predicted octanol–water partition coefficient (Wildman–Crippen LogP) is 3.09. The number of aldehydes is 1. The van der Waals surface area contributed by atoms with Gasteiger partial charge in [0.05, 0.1) is 32.9 Å². The van der Waals surface area contributed by atoms with E-state index in [2.05, 4.69) is 4.90 Å². The van der Waals surface area contributed by atoms with E-state index in [0.717, 1.165) is 17.5 Å². The van der Waals surface area contributed by atoms with Crippen LogP contribution in [0.5, 0.6) is 28.7 Å². The first-order chi connectivity index (χ1) is 15.9. The van der Waals surface area contributed by atoms with E-state index in [4.69, 9.17) is 28.4 Å². The summed E-state index contributed by atoms with van der Waals surface area (Å²) >= 11 is 0. The van der Waals surface area contributed by atoms with Crippen molar-refractivity contribution in [3.63, 3.8) is 0 Å². The van der Waals surface area contributed by atoms with Gasteiger partial charge in [0.15, 0.2) is 29.3 Å². The van der Waals surface area contributed by atoms with E-state index in [1.807, 2.05) is 13.1 Å². The third-order valence-electron chi connectivity index (χ3n) is 6.07. The van der Waals surface area contributed by atoms with Crippen LogP contribution < -0.4 is 23.7 Å². The van der Waals surface area contributed by atoms with Crippen LogP contribution in [0.15, 0.2) is 18.2 Å². The predicted molar refractivity (Wildman–Crippen MR) is 118 cm³/mol. The lowest BCUT2D eigenvalue weighted by Crippen LogP contribution is -2.37. The standard InChI is InChI=1S/C24H27NO8/c1-13(27)33-22(15-6-7-17(28-3)21(29-4)16(15)11-26)20-19-14(8-9-25(20)2)10-18-23(24(19)30-5)32-12-31-18/h6-7,10-11,20,22H,8-9,12H2,1-5H3/t20-,22-/m1/s1. The van der Waals surface area contributed by atoms with Gasteiger partial charge in [0.1, 0.15) is 6.10 Å². The highest BCUT2D eigenvalue weighted by molar-refractivity contribution is 5.84. The Kier molecular flexibility index (Phi) is 6.33. The van der Waals surface area contributed by atoms with Gasteiger partial charge < -0.3 is 28.4 Å². The maximum absolute atomic E-state index is 12.2. The van der Waals surface area contributed by atoms with Gasteiger partial charge in [-0.1, -0.05) is 6.07 Å². The second-order valence-corrected chi connectivity index (χ2v) is 7.84. The summed E-state index contributed by atoms with van der Waals surface area (Å²) in [5.41, 5.74) is 2.59. The summed E-state index contributed by atoms with van der Waals surface area (Å²) in [5, 5.41) is 0. The Morgan fingerprint density at radius 2 is 1.91 bits per heavy atom. The van der Waals surface area contributed by atoms with E-state index in [1.165, 1.54) is 21.1 Å². The van der Waals surface area contributed by atoms with Gasteiger partial charge in [0.2, 0.25) is 12.5 Å². The third-order valence-corrected chi connectivity index (χ3v) is 6.07. The summed E-state index contributed by atoms with van der Waals surface area (Å²) in [4.78, 5) is 26.5. The van der Waals surface area contributed by atoms with Crippen molar-refractivity contribution in [3.05, 3.63) is 40.5 Å². The summed E-state index contributed by atoms with van der Waals surface area (Å²) in [6.07, 6.45) is 0.600. The van der Waals surface area contributed by atoms with E-state index < -0.39 is 18.1 Å². The van der Waals surface area contributed by atoms with Crippen molar-refractivity contribution in [2.45, 2.75) is 25.5 Å². The molecule has 0 fully saturated rings. The highest BCUT2D eigenvalue weighted by Crippen LogP contribution is 2.53. The topological polar surface area (TPSA) is 92.8 Å². The number of hydrogen-bond donors (Lipinski definition) is 0. The molecule has 2 aliphatic heterocycles. The smallest absolute Gasteiger partial charge is 0.303 e. The molecule has 9 heteroatoms. The molecular weight excluding hydrogens is 430 g/mol. The molecule has 0 N–H and O–H groups in total. The molecule has 33 heavy (non-hydrogen) atoms. The minimum atomic E-state index is -0.833. The molecule has 0 saturated carbocycles. The van der Waals surface area contributed by atoms with Crippen LogP contribution in [0.1, 0.15) is 46.1 Å². The zero-order chi connectivity index (χ0) is 23.7. The molecule has 2 heterocycles. The van der Waals surface area contributed by atoms with Crippen molar-refractivity contribution in [1.82, 2.24) is 4.90 Å². The highest BCUT2D eigenvalue weighted by Gasteiger charge is 2.41. The summed E-state index contributed by atoms with van der Waals surface area (Å²) in [5.74, 6) is 1.87. The first-order valence-corrected chi connectivity index (χ1v) is 10.5. The molecule has 9 nitrogen and oxygen atoms in total. The maximum Gasteiger partial charge on any atom is 0.303 e. The van der Waals surface area contributed by atoms with Crippen LogP contribution in [0.25, 0.3) is 0 Å². The number of esters is 1. The van der Waals surface area contributed by atoms with Gasteiger partial charge in [-0.05, 0) is 31.2 Å². The molecular formula is C24H27NO8. The van der Waals surface area contributed by atoms with Crippen LogP contribution in [0.4, 0.5) is 0 Å². The minimum absolute atomic E-state index is 0.105. The van der Waals surface area contributed by atoms with Crippen LogP contribution >= 0.6 is 0 Å². The van der Waals surface area contributed by atoms with Crippen LogP contribution in [0, 0.1) is 0 Å².